The average Bonchev–Trinajstić information content (AvgIpc) is 3.38. The number of halogens is 1. The minimum atomic E-state index is -0.392. The Kier molecular flexibility index (Phi) is 5.24. The van der Waals surface area contributed by atoms with E-state index < -0.39 is 5.54 Å². The van der Waals surface area contributed by atoms with Gasteiger partial charge in [-0.05, 0) is 30.5 Å². The van der Waals surface area contributed by atoms with Crippen LogP contribution in [-0.4, -0.2) is 10.9 Å². The topological polar surface area (TPSA) is 55.1 Å². The number of amides is 1. The fourth-order valence-electron chi connectivity index (χ4n) is 3.94. The van der Waals surface area contributed by atoms with Gasteiger partial charge in [0.15, 0.2) is 11.7 Å². The molecule has 144 valence electrons. The zero-order valence-corrected chi connectivity index (χ0v) is 15.7. The fraction of sp³-hybridized carbons (Fsp3) is 0.304. The van der Waals surface area contributed by atoms with Crippen LogP contribution in [0.15, 0.2) is 65.2 Å². The highest BCUT2D eigenvalue weighted by Crippen LogP contribution is 2.38. The Morgan fingerprint density at radius 1 is 1.07 bits per heavy atom. The summed E-state index contributed by atoms with van der Waals surface area (Å²) in [6.07, 6.45) is 6.30. The Labute approximate surface area is 163 Å². The normalized spacial score (nSPS) is 15.5. The van der Waals surface area contributed by atoms with Crippen molar-refractivity contribution in [3.8, 4) is 11.3 Å². The zero-order valence-electron chi connectivity index (χ0n) is 15.7. The Hall–Kier alpha value is -2.95. The van der Waals surface area contributed by atoms with Crippen LogP contribution in [0.3, 0.4) is 0 Å². The average molecular weight is 378 g/mol. The summed E-state index contributed by atoms with van der Waals surface area (Å²) >= 11 is 0. The Bertz CT molecular complexity index is 929. The monoisotopic (exact) mass is 378 g/mol. The number of carbonyl (C=O) groups is 1. The van der Waals surface area contributed by atoms with Gasteiger partial charge in [-0.25, -0.2) is 9.37 Å². The number of oxazole rings is 1. The summed E-state index contributed by atoms with van der Waals surface area (Å²) in [7, 11) is 0. The molecule has 1 saturated carbocycles. The molecule has 0 radical (unpaired) electrons. The van der Waals surface area contributed by atoms with Gasteiger partial charge in [-0.3, -0.25) is 4.79 Å². The van der Waals surface area contributed by atoms with Gasteiger partial charge in [-0.2, -0.15) is 0 Å². The smallest absolute Gasteiger partial charge is 0.221 e. The number of aromatic nitrogens is 1. The molecule has 1 fully saturated rings. The molecule has 1 aromatic heterocycles. The second kappa shape index (κ2) is 7.97. The van der Waals surface area contributed by atoms with Crippen molar-refractivity contribution in [3.63, 3.8) is 0 Å². The van der Waals surface area contributed by atoms with Gasteiger partial charge in [-0.1, -0.05) is 55.3 Å². The van der Waals surface area contributed by atoms with Gasteiger partial charge in [-0.15, -0.1) is 0 Å². The minimum absolute atomic E-state index is 0.0364. The maximum absolute atomic E-state index is 13.3. The highest BCUT2D eigenvalue weighted by molar-refractivity contribution is 5.77. The lowest BCUT2D eigenvalue weighted by atomic mass is 9.88. The molecule has 1 aliphatic rings. The molecule has 1 aliphatic carbocycles. The highest BCUT2D eigenvalue weighted by Gasteiger charge is 2.36. The number of carbonyl (C=O) groups excluding carboxylic acids is 1. The van der Waals surface area contributed by atoms with Crippen LogP contribution in [-0.2, 0) is 16.8 Å². The van der Waals surface area contributed by atoms with Gasteiger partial charge < -0.3 is 9.73 Å². The van der Waals surface area contributed by atoms with E-state index in [1.54, 1.807) is 18.3 Å². The van der Waals surface area contributed by atoms with Crippen LogP contribution in [0.2, 0.25) is 0 Å². The van der Waals surface area contributed by atoms with Crippen LogP contribution < -0.4 is 5.32 Å². The molecule has 0 atom stereocenters. The largest absolute Gasteiger partial charge is 0.441 e. The Morgan fingerprint density at radius 3 is 2.50 bits per heavy atom. The van der Waals surface area contributed by atoms with Gasteiger partial charge >= 0.3 is 0 Å². The van der Waals surface area contributed by atoms with Crippen molar-refractivity contribution in [1.29, 1.82) is 0 Å². The number of benzene rings is 2. The SMILES string of the molecule is O=C(CCc1ncc(-c2ccccc2)o1)NC1(c2ccc(F)cc2)CCCC1. The first-order valence-corrected chi connectivity index (χ1v) is 9.72. The molecule has 0 saturated heterocycles. The zero-order chi connectivity index (χ0) is 19.4. The van der Waals surface area contributed by atoms with Gasteiger partial charge in [0, 0.05) is 18.4 Å². The van der Waals surface area contributed by atoms with E-state index in [2.05, 4.69) is 10.3 Å². The van der Waals surface area contributed by atoms with Crippen LogP contribution in [0, 0.1) is 5.82 Å². The van der Waals surface area contributed by atoms with Crippen molar-refractivity contribution < 1.29 is 13.6 Å². The van der Waals surface area contributed by atoms with Crippen molar-refractivity contribution in [2.24, 2.45) is 0 Å². The van der Waals surface area contributed by atoms with Crippen molar-refractivity contribution in [2.75, 3.05) is 0 Å². The second-order valence-electron chi connectivity index (χ2n) is 7.33. The molecule has 28 heavy (non-hydrogen) atoms. The Morgan fingerprint density at radius 2 is 1.79 bits per heavy atom. The maximum Gasteiger partial charge on any atom is 0.221 e. The summed E-state index contributed by atoms with van der Waals surface area (Å²) in [5.41, 5.74) is 1.55. The van der Waals surface area contributed by atoms with Crippen molar-refractivity contribution in [2.45, 2.75) is 44.1 Å². The molecule has 0 aliphatic heterocycles. The molecule has 1 N–H and O–H groups in total. The van der Waals surface area contributed by atoms with Crippen LogP contribution in [0.5, 0.6) is 0 Å². The molecular weight excluding hydrogens is 355 g/mol. The number of hydrogen-bond donors (Lipinski definition) is 1. The van der Waals surface area contributed by atoms with Crippen molar-refractivity contribution in [1.82, 2.24) is 10.3 Å². The number of nitrogens with one attached hydrogen (secondary N) is 1. The third-order valence-corrected chi connectivity index (χ3v) is 5.41. The summed E-state index contributed by atoms with van der Waals surface area (Å²) in [6.45, 7) is 0. The van der Waals surface area contributed by atoms with E-state index >= 15 is 0 Å². The van der Waals surface area contributed by atoms with E-state index in [1.165, 1.54) is 12.1 Å². The predicted octanol–water partition coefficient (Wildman–Crippen LogP) is 5.00. The van der Waals surface area contributed by atoms with Gasteiger partial charge in [0.2, 0.25) is 5.91 Å². The van der Waals surface area contributed by atoms with Gasteiger partial charge in [0.1, 0.15) is 5.82 Å². The number of hydrogen-bond acceptors (Lipinski definition) is 3. The first-order chi connectivity index (χ1) is 13.6. The second-order valence-corrected chi connectivity index (χ2v) is 7.33. The lowest BCUT2D eigenvalue weighted by Gasteiger charge is -2.31. The van der Waals surface area contributed by atoms with E-state index in [4.69, 9.17) is 4.42 Å². The van der Waals surface area contributed by atoms with Crippen LogP contribution in [0.1, 0.15) is 43.6 Å². The lowest BCUT2D eigenvalue weighted by Crippen LogP contribution is -2.43. The summed E-state index contributed by atoms with van der Waals surface area (Å²) in [5, 5.41) is 3.21. The molecular formula is C23H23FN2O2. The van der Waals surface area contributed by atoms with Gasteiger partial charge in [0.05, 0.1) is 11.7 Å². The molecule has 4 nitrogen and oxygen atoms in total. The predicted molar refractivity (Wildman–Crippen MR) is 105 cm³/mol. The third-order valence-electron chi connectivity index (χ3n) is 5.41. The molecule has 0 spiro atoms. The molecule has 2 aromatic carbocycles. The summed E-state index contributed by atoms with van der Waals surface area (Å²) < 4.78 is 19.1. The highest BCUT2D eigenvalue weighted by atomic mass is 19.1. The molecule has 3 aromatic rings. The van der Waals surface area contributed by atoms with Crippen LogP contribution >= 0.6 is 0 Å². The van der Waals surface area contributed by atoms with Crippen LogP contribution in [0.25, 0.3) is 11.3 Å². The van der Waals surface area contributed by atoms with E-state index in [1.807, 2.05) is 30.3 Å². The number of aryl methyl sites for hydroxylation is 1. The van der Waals surface area contributed by atoms with Crippen LogP contribution in [0.4, 0.5) is 4.39 Å². The minimum Gasteiger partial charge on any atom is -0.441 e. The van der Waals surface area contributed by atoms with Crippen molar-refractivity contribution >= 4 is 5.91 Å². The van der Waals surface area contributed by atoms with E-state index in [9.17, 15) is 9.18 Å². The summed E-state index contributed by atoms with van der Waals surface area (Å²) in [4.78, 5) is 16.9. The summed E-state index contributed by atoms with van der Waals surface area (Å²) in [5.74, 6) is 0.956. The summed E-state index contributed by atoms with van der Waals surface area (Å²) in [6, 6.07) is 16.2. The molecule has 4 rings (SSSR count). The number of nitrogens with zero attached hydrogens (tertiary/aromatic N) is 1. The fourth-order valence-corrected chi connectivity index (χ4v) is 3.94. The lowest BCUT2D eigenvalue weighted by molar-refractivity contribution is -0.123. The molecule has 5 heteroatoms. The Balaban J connectivity index is 1.40. The number of rotatable bonds is 6. The molecule has 0 bridgehead atoms. The molecule has 0 unspecified atom stereocenters. The molecule has 1 amide bonds. The maximum atomic E-state index is 13.3. The third kappa shape index (κ3) is 3.98. The first-order valence-electron chi connectivity index (χ1n) is 9.72. The standard InChI is InChI=1S/C23H23FN2O2/c24-19-10-8-18(9-11-19)23(14-4-5-15-23)26-21(27)12-13-22-25-16-20(28-22)17-6-2-1-3-7-17/h1-3,6-11,16H,4-5,12-15H2,(H,26,27). The molecule has 1 heterocycles. The van der Waals surface area contributed by atoms with E-state index in [0.717, 1.165) is 36.8 Å². The quantitative estimate of drug-likeness (QED) is 0.657. The first kappa shape index (κ1) is 18.4. The van der Waals surface area contributed by atoms with Gasteiger partial charge in [0.25, 0.3) is 0 Å². The van der Waals surface area contributed by atoms with Crippen molar-refractivity contribution in [3.05, 3.63) is 78.1 Å². The van der Waals surface area contributed by atoms with E-state index in [0.29, 0.717) is 24.5 Å². The van der Waals surface area contributed by atoms with E-state index in [-0.39, 0.29) is 11.7 Å².